The zero-order chi connectivity index (χ0) is 19.4. The monoisotopic (exact) mass is 460 g/mol. The number of aromatic nitrogens is 2. The van der Waals surface area contributed by atoms with E-state index < -0.39 is 0 Å². The molecule has 0 saturated carbocycles. The second kappa shape index (κ2) is 9.22. The molecule has 0 aliphatic carbocycles. The van der Waals surface area contributed by atoms with Gasteiger partial charge in [0.15, 0.2) is 10.9 Å². The Balaban J connectivity index is 1.79. The number of hydrogen-bond donors (Lipinski definition) is 0. The number of hydrogen-bond acceptors (Lipinski definition) is 5. The van der Waals surface area contributed by atoms with Crippen LogP contribution in [0, 0.1) is 0 Å². The molecule has 27 heavy (non-hydrogen) atoms. The number of methoxy groups -OCH3 is 1. The minimum atomic E-state index is 0.274. The quantitative estimate of drug-likeness (QED) is 0.287. The predicted molar refractivity (Wildman–Crippen MR) is 111 cm³/mol. The lowest BCUT2D eigenvalue weighted by Crippen LogP contribution is -1.97. The standard InChI is InChI=1S/C18H12Cl4N2O2S/c1-25-16-8-23-18(27-9-10-2-3-11(19)6-14(10)21)24-17(16)26-12-4-5-13(20)15(22)7-12/h2-8H,9H2,1H3. The fraction of sp³-hybridized carbons (Fsp3) is 0.111. The van der Waals surface area contributed by atoms with Crippen molar-refractivity contribution in [2.75, 3.05) is 7.11 Å². The van der Waals surface area contributed by atoms with Gasteiger partial charge in [0.1, 0.15) is 5.75 Å². The lowest BCUT2D eigenvalue weighted by molar-refractivity contribution is 0.363. The van der Waals surface area contributed by atoms with Crippen LogP contribution in [0.5, 0.6) is 17.4 Å². The van der Waals surface area contributed by atoms with Gasteiger partial charge in [0.05, 0.1) is 23.4 Å². The van der Waals surface area contributed by atoms with Crippen molar-refractivity contribution < 1.29 is 9.47 Å². The Hall–Kier alpha value is -1.37. The van der Waals surface area contributed by atoms with Gasteiger partial charge >= 0.3 is 0 Å². The van der Waals surface area contributed by atoms with Crippen molar-refractivity contribution >= 4 is 58.2 Å². The molecule has 2 aromatic carbocycles. The number of ether oxygens (including phenoxy) is 2. The molecule has 0 fully saturated rings. The average Bonchev–Trinajstić information content (AvgIpc) is 2.64. The van der Waals surface area contributed by atoms with Crippen molar-refractivity contribution in [3.8, 4) is 17.4 Å². The van der Waals surface area contributed by atoms with Crippen LogP contribution < -0.4 is 9.47 Å². The van der Waals surface area contributed by atoms with Crippen LogP contribution in [0.2, 0.25) is 20.1 Å². The van der Waals surface area contributed by atoms with Crippen LogP contribution in [-0.4, -0.2) is 17.1 Å². The third-order valence-corrected chi connectivity index (χ3v) is 5.63. The van der Waals surface area contributed by atoms with Gasteiger partial charge in [0.25, 0.3) is 5.88 Å². The Labute approximate surface area is 180 Å². The van der Waals surface area contributed by atoms with E-state index in [0.717, 1.165) is 5.56 Å². The van der Waals surface area contributed by atoms with Gasteiger partial charge in [0, 0.05) is 21.9 Å². The molecular weight excluding hydrogens is 450 g/mol. The van der Waals surface area contributed by atoms with E-state index in [2.05, 4.69) is 9.97 Å². The molecule has 0 unspecified atom stereocenters. The molecule has 0 N–H and O–H groups in total. The molecule has 0 saturated heterocycles. The Morgan fingerprint density at radius 1 is 0.963 bits per heavy atom. The van der Waals surface area contributed by atoms with Gasteiger partial charge in [-0.15, -0.1) is 0 Å². The fourth-order valence-corrected chi connectivity index (χ4v) is 3.71. The van der Waals surface area contributed by atoms with E-state index in [1.54, 1.807) is 36.5 Å². The predicted octanol–water partition coefficient (Wildman–Crippen LogP) is 7.18. The van der Waals surface area contributed by atoms with Gasteiger partial charge in [0.2, 0.25) is 0 Å². The summed E-state index contributed by atoms with van der Waals surface area (Å²) in [4.78, 5) is 8.69. The zero-order valence-electron chi connectivity index (χ0n) is 13.9. The molecule has 1 heterocycles. The largest absolute Gasteiger partial charge is 0.490 e. The summed E-state index contributed by atoms with van der Waals surface area (Å²) >= 11 is 25.5. The van der Waals surface area contributed by atoms with Crippen molar-refractivity contribution in [3.63, 3.8) is 0 Å². The minimum absolute atomic E-state index is 0.274. The first-order valence-electron chi connectivity index (χ1n) is 7.57. The number of thioether (sulfide) groups is 1. The molecule has 0 radical (unpaired) electrons. The van der Waals surface area contributed by atoms with Crippen LogP contribution >= 0.6 is 58.2 Å². The van der Waals surface area contributed by atoms with Crippen LogP contribution in [0.4, 0.5) is 0 Å². The van der Waals surface area contributed by atoms with Crippen molar-refractivity contribution in [1.29, 1.82) is 0 Å². The summed E-state index contributed by atoms with van der Waals surface area (Å²) in [6.45, 7) is 0. The van der Waals surface area contributed by atoms with Gasteiger partial charge in [-0.3, -0.25) is 0 Å². The summed E-state index contributed by atoms with van der Waals surface area (Å²) in [5.41, 5.74) is 0.928. The van der Waals surface area contributed by atoms with Crippen molar-refractivity contribution in [2.45, 2.75) is 10.9 Å². The van der Waals surface area contributed by atoms with E-state index in [1.165, 1.54) is 18.9 Å². The fourth-order valence-electron chi connectivity index (χ4n) is 2.06. The first kappa shape index (κ1) is 20.4. The Bertz CT molecular complexity index is 972. The molecule has 0 aliphatic heterocycles. The van der Waals surface area contributed by atoms with Crippen molar-refractivity contribution in [2.24, 2.45) is 0 Å². The van der Waals surface area contributed by atoms with E-state index in [9.17, 15) is 0 Å². The third kappa shape index (κ3) is 5.33. The van der Waals surface area contributed by atoms with Crippen LogP contribution in [0.15, 0.2) is 47.8 Å². The number of benzene rings is 2. The van der Waals surface area contributed by atoms with Crippen LogP contribution in [0.3, 0.4) is 0 Å². The summed E-state index contributed by atoms with van der Waals surface area (Å²) < 4.78 is 11.1. The van der Waals surface area contributed by atoms with Gasteiger partial charge in [-0.05, 0) is 29.8 Å². The molecule has 0 aliphatic rings. The molecule has 1 aromatic heterocycles. The minimum Gasteiger partial charge on any atom is -0.490 e. The molecule has 0 atom stereocenters. The molecule has 0 bridgehead atoms. The summed E-state index contributed by atoms with van der Waals surface area (Å²) in [6, 6.07) is 10.3. The lowest BCUT2D eigenvalue weighted by atomic mass is 10.2. The molecule has 0 amide bonds. The highest BCUT2D eigenvalue weighted by Crippen LogP contribution is 2.34. The summed E-state index contributed by atoms with van der Waals surface area (Å²) in [7, 11) is 1.51. The van der Waals surface area contributed by atoms with E-state index in [1.807, 2.05) is 6.07 Å². The first-order valence-corrected chi connectivity index (χ1v) is 10.1. The smallest absolute Gasteiger partial charge is 0.266 e. The zero-order valence-corrected chi connectivity index (χ0v) is 17.7. The molecule has 4 nitrogen and oxygen atoms in total. The lowest BCUT2D eigenvalue weighted by Gasteiger charge is -2.11. The van der Waals surface area contributed by atoms with Crippen molar-refractivity contribution in [1.82, 2.24) is 9.97 Å². The molecule has 0 spiro atoms. The highest BCUT2D eigenvalue weighted by molar-refractivity contribution is 7.98. The van der Waals surface area contributed by atoms with E-state index in [4.69, 9.17) is 55.9 Å². The maximum Gasteiger partial charge on any atom is 0.266 e. The molecule has 3 rings (SSSR count). The number of halogens is 4. The Morgan fingerprint density at radius 3 is 2.48 bits per heavy atom. The molecule has 9 heteroatoms. The second-order valence-corrected chi connectivity index (χ2v) is 7.83. The average molecular weight is 462 g/mol. The third-order valence-electron chi connectivity index (χ3n) is 3.40. The molecule has 3 aromatic rings. The topological polar surface area (TPSA) is 44.2 Å². The highest BCUT2D eigenvalue weighted by atomic mass is 35.5. The summed E-state index contributed by atoms with van der Waals surface area (Å²) in [5.74, 6) is 1.73. The van der Waals surface area contributed by atoms with Crippen LogP contribution in [0.1, 0.15) is 5.56 Å². The number of nitrogens with zero attached hydrogens (tertiary/aromatic N) is 2. The summed E-state index contributed by atoms with van der Waals surface area (Å²) in [5, 5.41) is 2.52. The van der Waals surface area contributed by atoms with Gasteiger partial charge in [-0.2, -0.15) is 4.98 Å². The Morgan fingerprint density at radius 2 is 1.78 bits per heavy atom. The van der Waals surface area contributed by atoms with Gasteiger partial charge < -0.3 is 9.47 Å². The van der Waals surface area contributed by atoms with Gasteiger partial charge in [-0.25, -0.2) is 4.98 Å². The Kier molecular flexibility index (Phi) is 6.95. The second-order valence-electron chi connectivity index (χ2n) is 5.23. The van der Waals surface area contributed by atoms with Crippen LogP contribution in [0.25, 0.3) is 0 Å². The van der Waals surface area contributed by atoms with Gasteiger partial charge in [-0.1, -0.05) is 64.2 Å². The van der Waals surface area contributed by atoms with E-state index >= 15 is 0 Å². The summed E-state index contributed by atoms with van der Waals surface area (Å²) in [6.07, 6.45) is 1.55. The van der Waals surface area contributed by atoms with E-state index in [-0.39, 0.29) is 5.88 Å². The van der Waals surface area contributed by atoms with E-state index in [0.29, 0.717) is 42.5 Å². The maximum absolute atomic E-state index is 6.20. The maximum atomic E-state index is 6.20. The number of rotatable bonds is 6. The highest BCUT2D eigenvalue weighted by Gasteiger charge is 2.13. The molecular formula is C18H12Cl4N2O2S. The van der Waals surface area contributed by atoms with Crippen LogP contribution in [-0.2, 0) is 5.75 Å². The molecule has 140 valence electrons. The SMILES string of the molecule is COc1cnc(SCc2ccc(Cl)cc2Cl)nc1Oc1ccc(Cl)c(Cl)c1. The van der Waals surface area contributed by atoms with Crippen molar-refractivity contribution in [3.05, 3.63) is 68.2 Å². The normalized spacial score (nSPS) is 10.7. The first-order chi connectivity index (χ1) is 13.0.